The molecule has 0 aliphatic heterocycles. The second-order valence-corrected chi connectivity index (χ2v) is 5.76. The maximum Gasteiger partial charge on any atom is 0.258 e. The predicted octanol–water partition coefficient (Wildman–Crippen LogP) is 2.58. The Labute approximate surface area is 146 Å². The zero-order chi connectivity index (χ0) is 17.6. The lowest BCUT2D eigenvalue weighted by atomic mass is 10.1. The summed E-state index contributed by atoms with van der Waals surface area (Å²) in [4.78, 5) is 12.0. The van der Waals surface area contributed by atoms with E-state index in [4.69, 9.17) is 4.74 Å². The molecule has 0 saturated carbocycles. The van der Waals surface area contributed by atoms with Crippen LogP contribution in [0.5, 0.6) is 5.75 Å². The van der Waals surface area contributed by atoms with E-state index in [-0.39, 0.29) is 19.1 Å². The Bertz CT molecular complexity index is 859. The molecular weight excluding hydrogens is 316 g/mol. The molecule has 1 amide bonds. The summed E-state index contributed by atoms with van der Waals surface area (Å²) in [6.45, 7) is 4.29. The standard InChI is InChI=1S/C19H20N4O2/c1-14-8-9-17(10-15(14)2)25-12-19(24)20-11-18-22-21-13-23(18)16-6-4-3-5-7-16/h3-10,13H,11-12H2,1-2H3,(H,20,24). The van der Waals surface area contributed by atoms with Gasteiger partial charge in [0.15, 0.2) is 12.4 Å². The first-order chi connectivity index (χ1) is 12.1. The first-order valence-corrected chi connectivity index (χ1v) is 8.04. The zero-order valence-electron chi connectivity index (χ0n) is 14.3. The average Bonchev–Trinajstić information content (AvgIpc) is 3.10. The summed E-state index contributed by atoms with van der Waals surface area (Å²) in [6, 6.07) is 15.5. The van der Waals surface area contributed by atoms with Crippen LogP contribution in [0, 0.1) is 13.8 Å². The highest BCUT2D eigenvalue weighted by molar-refractivity contribution is 5.77. The van der Waals surface area contributed by atoms with Crippen molar-refractivity contribution in [1.82, 2.24) is 20.1 Å². The van der Waals surface area contributed by atoms with Crippen LogP contribution in [0.2, 0.25) is 0 Å². The molecular formula is C19H20N4O2. The summed E-state index contributed by atoms with van der Waals surface area (Å²) < 4.78 is 7.37. The molecule has 3 rings (SSSR count). The number of para-hydroxylation sites is 1. The number of nitrogens with one attached hydrogen (secondary N) is 1. The van der Waals surface area contributed by atoms with Crippen LogP contribution in [0.15, 0.2) is 54.9 Å². The number of hydrogen-bond donors (Lipinski definition) is 1. The summed E-state index contributed by atoms with van der Waals surface area (Å²) in [5.74, 6) is 1.14. The third kappa shape index (κ3) is 4.23. The van der Waals surface area contributed by atoms with Gasteiger partial charge in [0, 0.05) is 5.69 Å². The van der Waals surface area contributed by atoms with E-state index in [0.29, 0.717) is 11.6 Å². The van der Waals surface area contributed by atoms with Crippen molar-refractivity contribution in [3.63, 3.8) is 0 Å². The van der Waals surface area contributed by atoms with Crippen molar-refractivity contribution in [3.8, 4) is 11.4 Å². The molecule has 0 saturated heterocycles. The van der Waals surface area contributed by atoms with Crippen molar-refractivity contribution in [2.45, 2.75) is 20.4 Å². The molecule has 128 valence electrons. The van der Waals surface area contributed by atoms with Crippen LogP contribution < -0.4 is 10.1 Å². The Kier molecular flexibility index (Phi) is 5.09. The Morgan fingerprint density at radius 3 is 2.68 bits per heavy atom. The zero-order valence-corrected chi connectivity index (χ0v) is 14.3. The van der Waals surface area contributed by atoms with E-state index < -0.39 is 0 Å². The molecule has 2 aromatic carbocycles. The summed E-state index contributed by atoms with van der Waals surface area (Å²) in [5.41, 5.74) is 3.27. The summed E-state index contributed by atoms with van der Waals surface area (Å²) in [5, 5.41) is 10.8. The lowest BCUT2D eigenvalue weighted by Crippen LogP contribution is -2.29. The Hall–Kier alpha value is -3.15. The molecule has 6 nitrogen and oxygen atoms in total. The fraction of sp³-hybridized carbons (Fsp3) is 0.211. The van der Waals surface area contributed by atoms with Crippen molar-refractivity contribution in [2.24, 2.45) is 0 Å². The minimum absolute atomic E-state index is 0.0397. The van der Waals surface area contributed by atoms with Gasteiger partial charge in [-0.15, -0.1) is 10.2 Å². The van der Waals surface area contributed by atoms with Crippen molar-refractivity contribution in [1.29, 1.82) is 0 Å². The first-order valence-electron chi connectivity index (χ1n) is 8.04. The Morgan fingerprint density at radius 2 is 1.92 bits per heavy atom. The van der Waals surface area contributed by atoms with Crippen LogP contribution in [0.4, 0.5) is 0 Å². The van der Waals surface area contributed by atoms with E-state index in [1.165, 1.54) is 5.56 Å². The van der Waals surface area contributed by atoms with Crippen LogP contribution in [-0.4, -0.2) is 27.3 Å². The lowest BCUT2D eigenvalue weighted by Gasteiger charge is -2.10. The van der Waals surface area contributed by atoms with Gasteiger partial charge < -0.3 is 10.1 Å². The monoisotopic (exact) mass is 336 g/mol. The fourth-order valence-electron chi connectivity index (χ4n) is 2.36. The molecule has 0 aliphatic rings. The van der Waals surface area contributed by atoms with Crippen molar-refractivity contribution < 1.29 is 9.53 Å². The number of hydrogen-bond acceptors (Lipinski definition) is 4. The maximum atomic E-state index is 12.0. The third-order valence-electron chi connectivity index (χ3n) is 3.94. The maximum absolute atomic E-state index is 12.0. The number of carbonyl (C=O) groups excluding carboxylic acids is 1. The van der Waals surface area contributed by atoms with Crippen LogP contribution in [0.1, 0.15) is 17.0 Å². The topological polar surface area (TPSA) is 69.0 Å². The molecule has 0 spiro atoms. The minimum Gasteiger partial charge on any atom is -0.484 e. The number of aromatic nitrogens is 3. The van der Waals surface area contributed by atoms with Crippen LogP contribution >= 0.6 is 0 Å². The SMILES string of the molecule is Cc1ccc(OCC(=O)NCc2nncn2-c2ccccc2)cc1C. The Balaban J connectivity index is 1.55. The molecule has 1 aromatic heterocycles. The summed E-state index contributed by atoms with van der Waals surface area (Å²) in [7, 11) is 0. The molecule has 1 N–H and O–H groups in total. The van der Waals surface area contributed by atoms with E-state index in [9.17, 15) is 4.79 Å². The van der Waals surface area contributed by atoms with Gasteiger partial charge in [0.1, 0.15) is 12.1 Å². The lowest BCUT2D eigenvalue weighted by molar-refractivity contribution is -0.123. The normalized spacial score (nSPS) is 10.5. The van der Waals surface area contributed by atoms with Crippen molar-refractivity contribution >= 4 is 5.91 Å². The highest BCUT2D eigenvalue weighted by atomic mass is 16.5. The largest absolute Gasteiger partial charge is 0.484 e. The number of benzene rings is 2. The van der Waals surface area contributed by atoms with Crippen LogP contribution in [-0.2, 0) is 11.3 Å². The molecule has 0 fully saturated rings. The van der Waals surface area contributed by atoms with Gasteiger partial charge in [-0.1, -0.05) is 24.3 Å². The van der Waals surface area contributed by atoms with Gasteiger partial charge in [-0.2, -0.15) is 0 Å². The van der Waals surface area contributed by atoms with Gasteiger partial charge >= 0.3 is 0 Å². The molecule has 0 unspecified atom stereocenters. The summed E-state index contributed by atoms with van der Waals surface area (Å²) >= 11 is 0. The molecule has 6 heteroatoms. The van der Waals surface area contributed by atoms with E-state index in [0.717, 1.165) is 11.3 Å². The second kappa shape index (κ2) is 7.61. The highest BCUT2D eigenvalue weighted by Crippen LogP contribution is 2.16. The fourth-order valence-corrected chi connectivity index (χ4v) is 2.36. The first kappa shape index (κ1) is 16.7. The highest BCUT2D eigenvalue weighted by Gasteiger charge is 2.09. The molecule has 25 heavy (non-hydrogen) atoms. The van der Waals surface area contributed by atoms with Crippen LogP contribution in [0.25, 0.3) is 5.69 Å². The van der Waals surface area contributed by atoms with Gasteiger partial charge in [-0.25, -0.2) is 0 Å². The number of amides is 1. The van der Waals surface area contributed by atoms with E-state index >= 15 is 0 Å². The number of nitrogens with zero attached hydrogens (tertiary/aromatic N) is 3. The van der Waals surface area contributed by atoms with Gasteiger partial charge in [-0.05, 0) is 49.2 Å². The van der Waals surface area contributed by atoms with Crippen LogP contribution in [0.3, 0.4) is 0 Å². The molecule has 0 atom stereocenters. The molecule has 1 heterocycles. The van der Waals surface area contributed by atoms with E-state index in [1.807, 2.05) is 66.9 Å². The van der Waals surface area contributed by atoms with Gasteiger partial charge in [0.2, 0.25) is 0 Å². The van der Waals surface area contributed by atoms with E-state index in [1.54, 1.807) is 6.33 Å². The van der Waals surface area contributed by atoms with Crippen molar-refractivity contribution in [2.75, 3.05) is 6.61 Å². The Morgan fingerprint density at radius 1 is 1.12 bits per heavy atom. The second-order valence-electron chi connectivity index (χ2n) is 5.76. The third-order valence-corrected chi connectivity index (χ3v) is 3.94. The smallest absolute Gasteiger partial charge is 0.258 e. The number of rotatable bonds is 6. The molecule has 0 radical (unpaired) electrons. The number of ether oxygens (including phenoxy) is 1. The van der Waals surface area contributed by atoms with Gasteiger partial charge in [0.05, 0.1) is 6.54 Å². The predicted molar refractivity (Wildman–Crippen MR) is 94.6 cm³/mol. The molecule has 0 aliphatic carbocycles. The average molecular weight is 336 g/mol. The van der Waals surface area contributed by atoms with Gasteiger partial charge in [0.25, 0.3) is 5.91 Å². The number of carbonyl (C=O) groups is 1. The summed E-state index contributed by atoms with van der Waals surface area (Å²) in [6.07, 6.45) is 1.63. The van der Waals surface area contributed by atoms with Gasteiger partial charge in [-0.3, -0.25) is 9.36 Å². The van der Waals surface area contributed by atoms with Crippen molar-refractivity contribution in [3.05, 3.63) is 71.8 Å². The molecule has 3 aromatic rings. The number of aryl methyl sites for hydroxylation is 2. The van der Waals surface area contributed by atoms with E-state index in [2.05, 4.69) is 15.5 Å². The quantitative estimate of drug-likeness (QED) is 0.751. The minimum atomic E-state index is -0.208. The molecule has 0 bridgehead atoms.